The van der Waals surface area contributed by atoms with Crippen molar-refractivity contribution in [1.29, 1.82) is 5.26 Å². The van der Waals surface area contributed by atoms with Crippen LogP contribution < -0.4 is 5.32 Å². The van der Waals surface area contributed by atoms with Gasteiger partial charge in [0.25, 0.3) is 0 Å². The van der Waals surface area contributed by atoms with Gasteiger partial charge in [-0.15, -0.1) is 0 Å². The van der Waals surface area contributed by atoms with Crippen LogP contribution in [0.25, 0.3) is 0 Å². The van der Waals surface area contributed by atoms with E-state index in [0.717, 1.165) is 24.9 Å². The minimum Gasteiger partial charge on any atom is -0.391 e. The van der Waals surface area contributed by atoms with Crippen molar-refractivity contribution in [1.82, 2.24) is 4.98 Å². The largest absolute Gasteiger partial charge is 0.391 e. The molecule has 0 spiro atoms. The van der Waals surface area contributed by atoms with Crippen molar-refractivity contribution in [2.24, 2.45) is 0 Å². The number of nitriles is 1. The number of anilines is 1. The van der Waals surface area contributed by atoms with Gasteiger partial charge in [-0.05, 0) is 31.4 Å². The Bertz CT molecular complexity index is 368. The van der Waals surface area contributed by atoms with Crippen LogP contribution in [-0.2, 0) is 0 Å². The molecule has 15 heavy (non-hydrogen) atoms. The van der Waals surface area contributed by atoms with Crippen molar-refractivity contribution in [2.75, 3.05) is 5.32 Å². The number of hydrogen-bond donors (Lipinski definition) is 2. The second-order valence-electron chi connectivity index (χ2n) is 3.79. The lowest BCUT2D eigenvalue weighted by atomic mass is 10.2. The van der Waals surface area contributed by atoms with Crippen molar-refractivity contribution in [3.8, 4) is 6.07 Å². The normalized spacial score (nSPS) is 24.8. The molecule has 0 aliphatic heterocycles. The topological polar surface area (TPSA) is 68.9 Å². The molecule has 78 valence electrons. The second-order valence-corrected chi connectivity index (χ2v) is 3.79. The van der Waals surface area contributed by atoms with Crippen LogP contribution in [0.15, 0.2) is 18.3 Å². The van der Waals surface area contributed by atoms with Crippen molar-refractivity contribution < 1.29 is 5.11 Å². The van der Waals surface area contributed by atoms with E-state index < -0.39 is 0 Å². The fraction of sp³-hybridized carbons (Fsp3) is 0.455. The lowest BCUT2D eigenvalue weighted by molar-refractivity contribution is 0.172. The molecule has 4 nitrogen and oxygen atoms in total. The van der Waals surface area contributed by atoms with Crippen molar-refractivity contribution >= 4 is 5.69 Å². The van der Waals surface area contributed by atoms with Gasteiger partial charge >= 0.3 is 0 Å². The van der Waals surface area contributed by atoms with Gasteiger partial charge in [-0.2, -0.15) is 5.26 Å². The molecule has 2 atom stereocenters. The smallest absolute Gasteiger partial charge is 0.140 e. The highest BCUT2D eigenvalue weighted by molar-refractivity contribution is 5.44. The summed E-state index contributed by atoms with van der Waals surface area (Å²) in [4.78, 5) is 3.96. The highest BCUT2D eigenvalue weighted by Gasteiger charge is 2.24. The van der Waals surface area contributed by atoms with Crippen molar-refractivity contribution in [2.45, 2.75) is 31.4 Å². The molecule has 1 aliphatic rings. The molecule has 1 fully saturated rings. The first kappa shape index (κ1) is 9.94. The van der Waals surface area contributed by atoms with E-state index in [4.69, 9.17) is 5.26 Å². The average molecular weight is 203 g/mol. The third kappa shape index (κ3) is 2.25. The van der Waals surface area contributed by atoms with Crippen molar-refractivity contribution in [3.63, 3.8) is 0 Å². The quantitative estimate of drug-likeness (QED) is 0.759. The van der Waals surface area contributed by atoms with E-state index in [2.05, 4.69) is 10.3 Å². The van der Waals surface area contributed by atoms with Gasteiger partial charge in [-0.25, -0.2) is 4.98 Å². The number of aliphatic hydroxyl groups is 1. The predicted molar refractivity (Wildman–Crippen MR) is 56.2 cm³/mol. The molecule has 0 amide bonds. The van der Waals surface area contributed by atoms with Crippen LogP contribution in [0.4, 0.5) is 5.69 Å². The Morgan fingerprint density at radius 2 is 2.33 bits per heavy atom. The summed E-state index contributed by atoms with van der Waals surface area (Å²) in [7, 11) is 0. The van der Waals surface area contributed by atoms with Crippen LogP contribution in [0.3, 0.4) is 0 Å². The zero-order chi connectivity index (χ0) is 10.7. The van der Waals surface area contributed by atoms with Crippen molar-refractivity contribution in [3.05, 3.63) is 24.0 Å². The van der Waals surface area contributed by atoms with Crippen LogP contribution in [0.2, 0.25) is 0 Å². The Kier molecular flexibility index (Phi) is 2.84. The van der Waals surface area contributed by atoms with E-state index in [-0.39, 0.29) is 12.1 Å². The zero-order valence-electron chi connectivity index (χ0n) is 8.35. The van der Waals surface area contributed by atoms with E-state index in [1.807, 2.05) is 12.1 Å². The van der Waals surface area contributed by atoms with Gasteiger partial charge in [0.2, 0.25) is 0 Å². The number of aromatic nitrogens is 1. The molecule has 2 rings (SSSR count). The number of hydrogen-bond acceptors (Lipinski definition) is 4. The summed E-state index contributed by atoms with van der Waals surface area (Å²) >= 11 is 0. The SMILES string of the molecule is N#Cc1ccc(N[C@H]2CCC[C@@H]2O)cn1. The zero-order valence-corrected chi connectivity index (χ0v) is 8.35. The highest BCUT2D eigenvalue weighted by Crippen LogP contribution is 2.22. The molecule has 0 saturated heterocycles. The van der Waals surface area contributed by atoms with E-state index in [1.165, 1.54) is 0 Å². The standard InChI is InChI=1S/C11H13N3O/c12-6-8-4-5-9(7-13-8)14-10-2-1-3-11(10)15/h4-5,7,10-11,14-15H,1-3H2/t10-,11-/m0/s1. The predicted octanol–water partition coefficient (Wildman–Crippen LogP) is 1.28. The number of pyridine rings is 1. The Balaban J connectivity index is 2.02. The monoisotopic (exact) mass is 203 g/mol. The van der Waals surface area contributed by atoms with Gasteiger partial charge in [-0.3, -0.25) is 0 Å². The molecule has 0 aromatic carbocycles. The molecule has 2 N–H and O–H groups in total. The van der Waals surface area contributed by atoms with Gasteiger partial charge in [-0.1, -0.05) is 0 Å². The minimum atomic E-state index is -0.263. The molecule has 0 unspecified atom stereocenters. The Morgan fingerprint density at radius 1 is 1.47 bits per heavy atom. The number of nitrogens with zero attached hydrogens (tertiary/aromatic N) is 2. The maximum atomic E-state index is 9.62. The van der Waals surface area contributed by atoms with Gasteiger partial charge in [0.15, 0.2) is 0 Å². The first-order valence-electron chi connectivity index (χ1n) is 5.10. The minimum absolute atomic E-state index is 0.125. The lowest BCUT2D eigenvalue weighted by Gasteiger charge is -2.17. The van der Waals surface area contributed by atoms with E-state index in [0.29, 0.717) is 5.69 Å². The second kappa shape index (κ2) is 4.28. The first-order valence-corrected chi connectivity index (χ1v) is 5.10. The lowest BCUT2D eigenvalue weighted by Crippen LogP contribution is -2.27. The average Bonchev–Trinajstić information content (AvgIpc) is 2.66. The Labute approximate surface area is 88.6 Å². The van der Waals surface area contributed by atoms with E-state index in [1.54, 1.807) is 12.3 Å². The number of rotatable bonds is 2. The van der Waals surface area contributed by atoms with E-state index >= 15 is 0 Å². The molecule has 1 heterocycles. The van der Waals surface area contributed by atoms with Crippen LogP contribution in [0.1, 0.15) is 25.0 Å². The summed E-state index contributed by atoms with van der Waals surface area (Å²) in [5.74, 6) is 0. The molecule has 0 bridgehead atoms. The molecule has 1 saturated carbocycles. The summed E-state index contributed by atoms with van der Waals surface area (Å²) in [5, 5.41) is 21.4. The van der Waals surface area contributed by atoms with Gasteiger partial charge in [0.05, 0.1) is 24.0 Å². The summed E-state index contributed by atoms with van der Waals surface area (Å²) in [6.07, 6.45) is 4.27. The Hall–Kier alpha value is -1.60. The highest BCUT2D eigenvalue weighted by atomic mass is 16.3. The third-order valence-corrected chi connectivity index (χ3v) is 2.71. The third-order valence-electron chi connectivity index (χ3n) is 2.71. The molecule has 1 aromatic heterocycles. The van der Waals surface area contributed by atoms with Gasteiger partial charge in [0, 0.05) is 0 Å². The summed E-state index contributed by atoms with van der Waals surface area (Å²) in [5.41, 5.74) is 1.27. The summed E-state index contributed by atoms with van der Waals surface area (Å²) in [6.45, 7) is 0. The first-order chi connectivity index (χ1) is 7.29. The number of nitrogens with one attached hydrogen (secondary N) is 1. The van der Waals surface area contributed by atoms with Crippen LogP contribution in [0.5, 0.6) is 0 Å². The molecule has 4 heteroatoms. The maximum Gasteiger partial charge on any atom is 0.140 e. The van der Waals surface area contributed by atoms with Gasteiger partial charge in [0.1, 0.15) is 11.8 Å². The number of aliphatic hydroxyl groups excluding tert-OH is 1. The van der Waals surface area contributed by atoms with E-state index in [9.17, 15) is 5.11 Å². The fourth-order valence-electron chi connectivity index (χ4n) is 1.87. The molecule has 1 aromatic rings. The molecule has 0 radical (unpaired) electrons. The molecular formula is C11H13N3O. The maximum absolute atomic E-state index is 9.62. The molecular weight excluding hydrogens is 190 g/mol. The van der Waals surface area contributed by atoms with Gasteiger partial charge < -0.3 is 10.4 Å². The van der Waals surface area contributed by atoms with Crippen LogP contribution in [0, 0.1) is 11.3 Å². The fourth-order valence-corrected chi connectivity index (χ4v) is 1.87. The van der Waals surface area contributed by atoms with Crippen LogP contribution in [-0.4, -0.2) is 22.2 Å². The summed E-state index contributed by atoms with van der Waals surface area (Å²) < 4.78 is 0. The summed E-state index contributed by atoms with van der Waals surface area (Å²) in [6, 6.07) is 5.58. The molecule has 1 aliphatic carbocycles. The van der Waals surface area contributed by atoms with Crippen LogP contribution >= 0.6 is 0 Å². The Morgan fingerprint density at radius 3 is 2.87 bits per heavy atom.